The number of imide groups is 1. The van der Waals surface area contributed by atoms with Gasteiger partial charge in [-0.05, 0) is 69.6 Å². The molecule has 2 amide bonds. The Kier molecular flexibility index (Phi) is 6.87. The molecule has 0 saturated carbocycles. The predicted molar refractivity (Wildman–Crippen MR) is 98.3 cm³/mol. The molecular weight excluding hydrogens is 408 g/mol. The highest BCUT2D eigenvalue weighted by molar-refractivity contribution is 9.11. The van der Waals surface area contributed by atoms with E-state index in [1.165, 1.54) is 19.3 Å². The number of hydrogen-bond donors (Lipinski definition) is 1. The zero-order chi connectivity index (χ0) is 20.3. The van der Waals surface area contributed by atoms with E-state index in [4.69, 9.17) is 14.2 Å². The Labute approximate surface area is 161 Å². The lowest BCUT2D eigenvalue weighted by Crippen LogP contribution is -2.54. The van der Waals surface area contributed by atoms with E-state index in [0.29, 0.717) is 4.48 Å². The number of esters is 1. The van der Waals surface area contributed by atoms with Crippen LogP contribution in [0, 0.1) is 0 Å². The minimum absolute atomic E-state index is 0.0668. The van der Waals surface area contributed by atoms with Crippen molar-refractivity contribution >= 4 is 34.1 Å². The molecule has 0 spiro atoms. The largest absolute Gasteiger partial charge is 0.464 e. The first kappa shape index (κ1) is 22.0. The molecule has 1 aliphatic heterocycles. The zero-order valence-electron chi connectivity index (χ0n) is 16.0. The lowest BCUT2D eigenvalue weighted by Gasteiger charge is -2.34. The maximum Gasteiger partial charge on any atom is 0.421 e. The molecule has 1 heterocycles. The van der Waals surface area contributed by atoms with Gasteiger partial charge in [0, 0.05) is 4.48 Å². The van der Waals surface area contributed by atoms with Crippen molar-refractivity contribution in [1.29, 1.82) is 0 Å². The average Bonchev–Trinajstić information content (AvgIpc) is 2.44. The molecule has 0 aliphatic carbocycles. The van der Waals surface area contributed by atoms with Crippen molar-refractivity contribution in [3.63, 3.8) is 0 Å². The summed E-state index contributed by atoms with van der Waals surface area (Å²) in [6.45, 7) is 10.1. The number of amides is 2. The predicted octanol–water partition coefficient (Wildman–Crippen LogP) is 3.42. The molecule has 1 aliphatic rings. The molecule has 1 rings (SSSR count). The van der Waals surface area contributed by atoms with Crippen molar-refractivity contribution in [3.05, 3.63) is 22.3 Å². The summed E-state index contributed by atoms with van der Waals surface area (Å²) in [5.41, 5.74) is -1.58. The van der Waals surface area contributed by atoms with Crippen LogP contribution in [0.4, 0.5) is 9.59 Å². The fourth-order valence-electron chi connectivity index (χ4n) is 1.86. The quantitative estimate of drug-likeness (QED) is 0.527. The molecule has 9 heteroatoms. The molecule has 0 bridgehead atoms. The normalized spacial score (nSPS) is 17.3. The number of nitrogens with zero attached hydrogens (tertiary/aromatic N) is 1. The third-order valence-corrected chi connectivity index (χ3v) is 3.46. The van der Waals surface area contributed by atoms with Gasteiger partial charge in [-0.15, -0.1) is 0 Å². The van der Waals surface area contributed by atoms with Gasteiger partial charge in [-0.25, -0.2) is 14.4 Å². The number of allylic oxidation sites excluding steroid dienone is 2. The van der Waals surface area contributed by atoms with Gasteiger partial charge in [0.2, 0.25) is 0 Å². The van der Waals surface area contributed by atoms with E-state index >= 15 is 0 Å². The van der Waals surface area contributed by atoms with E-state index in [0.717, 1.165) is 4.90 Å². The van der Waals surface area contributed by atoms with Crippen LogP contribution in [0.15, 0.2) is 22.3 Å². The monoisotopic (exact) mass is 432 g/mol. The van der Waals surface area contributed by atoms with Gasteiger partial charge in [0.15, 0.2) is 0 Å². The van der Waals surface area contributed by atoms with Gasteiger partial charge in [0.1, 0.15) is 23.1 Å². The van der Waals surface area contributed by atoms with Gasteiger partial charge in [-0.2, -0.15) is 4.90 Å². The van der Waals surface area contributed by atoms with Crippen LogP contribution in [0.5, 0.6) is 0 Å². The number of rotatable bonds is 2. The Morgan fingerprint density at radius 1 is 1.04 bits per heavy atom. The summed E-state index contributed by atoms with van der Waals surface area (Å²) in [4.78, 5) is 37.9. The van der Waals surface area contributed by atoms with Gasteiger partial charge >= 0.3 is 18.2 Å². The Balaban J connectivity index is 3.17. The van der Waals surface area contributed by atoms with E-state index < -0.39 is 35.5 Å². The van der Waals surface area contributed by atoms with Crippen molar-refractivity contribution < 1.29 is 28.6 Å². The first-order valence-electron chi connectivity index (χ1n) is 7.93. The Bertz CT molecular complexity index is 615. The summed E-state index contributed by atoms with van der Waals surface area (Å²) in [5, 5.41) is 2.78. The van der Waals surface area contributed by atoms with Crippen molar-refractivity contribution in [1.82, 2.24) is 10.2 Å². The minimum atomic E-state index is -0.991. The second-order valence-electron chi connectivity index (χ2n) is 7.49. The Morgan fingerprint density at radius 2 is 1.50 bits per heavy atom. The fourth-order valence-corrected chi connectivity index (χ4v) is 2.29. The molecule has 26 heavy (non-hydrogen) atoms. The molecule has 0 aromatic rings. The Hall–Kier alpha value is -2.03. The van der Waals surface area contributed by atoms with Crippen molar-refractivity contribution in [2.75, 3.05) is 7.11 Å². The smallest absolute Gasteiger partial charge is 0.421 e. The molecule has 0 radical (unpaired) electrons. The SMILES string of the molecule is COC(=O)C1=C(Br)C=CC(N(C(=O)OC(C)(C)C)C(=O)OC(C)(C)C)N1. The molecule has 1 atom stereocenters. The molecule has 146 valence electrons. The van der Waals surface area contributed by atoms with Gasteiger partial charge in [-0.3, -0.25) is 0 Å². The highest BCUT2D eigenvalue weighted by Crippen LogP contribution is 2.23. The maximum atomic E-state index is 12.6. The summed E-state index contributed by atoms with van der Waals surface area (Å²) < 4.78 is 15.7. The van der Waals surface area contributed by atoms with E-state index in [-0.39, 0.29) is 5.70 Å². The van der Waals surface area contributed by atoms with Gasteiger partial charge in [0.05, 0.1) is 7.11 Å². The third-order valence-electron chi connectivity index (χ3n) is 2.80. The second-order valence-corrected chi connectivity index (χ2v) is 8.35. The lowest BCUT2D eigenvalue weighted by molar-refractivity contribution is -0.136. The number of dihydropyridines is 1. The molecule has 1 N–H and O–H groups in total. The first-order valence-corrected chi connectivity index (χ1v) is 8.72. The average molecular weight is 433 g/mol. The van der Waals surface area contributed by atoms with E-state index in [1.807, 2.05) is 0 Å². The summed E-state index contributed by atoms with van der Waals surface area (Å²) in [7, 11) is 1.23. The molecule has 0 fully saturated rings. The summed E-state index contributed by atoms with van der Waals surface area (Å²) in [5.74, 6) is -0.653. The maximum absolute atomic E-state index is 12.6. The lowest BCUT2D eigenvalue weighted by atomic mass is 10.2. The van der Waals surface area contributed by atoms with Crippen LogP contribution in [0.2, 0.25) is 0 Å². The number of hydrogen-bond acceptors (Lipinski definition) is 7. The van der Waals surface area contributed by atoms with E-state index in [2.05, 4.69) is 21.2 Å². The summed E-state index contributed by atoms with van der Waals surface area (Å²) in [6.07, 6.45) is 0.252. The summed E-state index contributed by atoms with van der Waals surface area (Å²) >= 11 is 3.22. The molecule has 8 nitrogen and oxygen atoms in total. The van der Waals surface area contributed by atoms with Crippen LogP contribution in [0.3, 0.4) is 0 Å². The number of methoxy groups -OCH3 is 1. The van der Waals surface area contributed by atoms with Crippen molar-refractivity contribution in [2.45, 2.75) is 58.9 Å². The number of nitrogens with one attached hydrogen (secondary N) is 1. The van der Waals surface area contributed by atoms with Gasteiger partial charge in [0.25, 0.3) is 0 Å². The van der Waals surface area contributed by atoms with Crippen LogP contribution < -0.4 is 5.32 Å². The van der Waals surface area contributed by atoms with Crippen molar-refractivity contribution in [2.24, 2.45) is 0 Å². The van der Waals surface area contributed by atoms with Gasteiger partial charge in [-0.1, -0.05) is 0 Å². The highest BCUT2D eigenvalue weighted by atomic mass is 79.9. The number of carbonyl (C=O) groups is 3. The number of carbonyl (C=O) groups excluding carboxylic acids is 3. The minimum Gasteiger partial charge on any atom is -0.464 e. The number of halogens is 1. The second kappa shape index (κ2) is 8.11. The van der Waals surface area contributed by atoms with Gasteiger partial charge < -0.3 is 19.5 Å². The van der Waals surface area contributed by atoms with Crippen LogP contribution >= 0.6 is 15.9 Å². The van der Waals surface area contributed by atoms with Crippen molar-refractivity contribution in [3.8, 4) is 0 Å². The van der Waals surface area contributed by atoms with Crippen LogP contribution in [0.25, 0.3) is 0 Å². The van der Waals surface area contributed by atoms with Crippen LogP contribution in [-0.4, -0.2) is 47.5 Å². The molecule has 0 aromatic heterocycles. The molecule has 0 saturated heterocycles. The highest BCUT2D eigenvalue weighted by Gasteiger charge is 2.38. The molecule has 1 unspecified atom stereocenters. The van der Waals surface area contributed by atoms with Crippen LogP contribution in [-0.2, 0) is 19.0 Å². The van der Waals surface area contributed by atoms with Crippen LogP contribution in [0.1, 0.15) is 41.5 Å². The van der Waals surface area contributed by atoms with E-state index in [1.54, 1.807) is 41.5 Å². The molecule has 0 aromatic carbocycles. The van der Waals surface area contributed by atoms with E-state index in [9.17, 15) is 14.4 Å². The molecular formula is C17H25BrN2O6. The Morgan fingerprint density at radius 3 is 1.88 bits per heavy atom. The standard InChI is InChI=1S/C17H25BrN2O6/c1-16(2,3)25-14(22)20(15(23)26-17(4,5)6)11-9-8-10(18)12(19-11)13(21)24-7/h8-9,11,19H,1-7H3. The third kappa shape index (κ3) is 6.36. The zero-order valence-corrected chi connectivity index (χ0v) is 17.6. The summed E-state index contributed by atoms with van der Waals surface area (Å²) in [6, 6.07) is 0. The topological polar surface area (TPSA) is 94.2 Å². The fraction of sp³-hybridized carbons (Fsp3) is 0.588. The first-order chi connectivity index (χ1) is 11.7. The number of ether oxygens (including phenoxy) is 3.